The van der Waals surface area contributed by atoms with Crippen LogP contribution in [0.1, 0.15) is 5.56 Å². The Balaban J connectivity index is 2.37. The first-order valence-electron chi connectivity index (χ1n) is 5.77. The average Bonchev–Trinajstić information content (AvgIpc) is 2.39. The van der Waals surface area contributed by atoms with E-state index in [2.05, 4.69) is 0 Å². The van der Waals surface area contributed by atoms with Gasteiger partial charge in [-0.2, -0.15) is 4.31 Å². The highest BCUT2D eigenvalue weighted by molar-refractivity contribution is 7.89. The molecular weight excluding hydrogens is 323 g/mol. The number of thiocarbonyl (C=S) groups is 1. The molecule has 20 heavy (non-hydrogen) atoms. The zero-order chi connectivity index (χ0) is 14.9. The monoisotopic (exact) mass is 336 g/mol. The fraction of sp³-hybridized carbons (Fsp3) is 0.364. The molecule has 5 nitrogen and oxygen atoms in total. The van der Waals surface area contributed by atoms with Crippen LogP contribution in [0, 0.1) is 5.82 Å². The molecule has 1 saturated heterocycles. The van der Waals surface area contributed by atoms with E-state index in [1.54, 1.807) is 0 Å². The van der Waals surface area contributed by atoms with Gasteiger partial charge in [0.1, 0.15) is 10.8 Å². The van der Waals surface area contributed by atoms with Gasteiger partial charge in [-0.05, 0) is 18.2 Å². The van der Waals surface area contributed by atoms with Crippen LogP contribution >= 0.6 is 12.2 Å². The molecule has 0 aliphatic carbocycles. The maximum absolute atomic E-state index is 13.5. The molecule has 1 fully saturated rings. The van der Waals surface area contributed by atoms with Crippen molar-refractivity contribution in [1.82, 2.24) is 4.31 Å². The number of benzene rings is 1. The van der Waals surface area contributed by atoms with Gasteiger partial charge in [-0.3, -0.25) is 4.21 Å². The van der Waals surface area contributed by atoms with Crippen molar-refractivity contribution in [3.63, 3.8) is 0 Å². The van der Waals surface area contributed by atoms with Crippen LogP contribution in [0.3, 0.4) is 0 Å². The van der Waals surface area contributed by atoms with Gasteiger partial charge in [0.25, 0.3) is 0 Å². The van der Waals surface area contributed by atoms with E-state index in [1.807, 2.05) is 0 Å². The maximum Gasteiger partial charge on any atom is 0.243 e. The van der Waals surface area contributed by atoms with Crippen molar-refractivity contribution in [3.05, 3.63) is 29.6 Å². The zero-order valence-corrected chi connectivity index (χ0v) is 12.9. The number of nitrogens with zero attached hydrogens (tertiary/aromatic N) is 1. The molecule has 1 heterocycles. The van der Waals surface area contributed by atoms with E-state index in [9.17, 15) is 17.0 Å². The Morgan fingerprint density at radius 3 is 2.50 bits per heavy atom. The molecule has 2 N–H and O–H groups in total. The van der Waals surface area contributed by atoms with Crippen LogP contribution in [0.5, 0.6) is 0 Å². The maximum atomic E-state index is 13.5. The van der Waals surface area contributed by atoms with E-state index in [1.165, 1.54) is 10.4 Å². The normalized spacial score (nSPS) is 18.1. The van der Waals surface area contributed by atoms with Gasteiger partial charge in [-0.15, -0.1) is 0 Å². The van der Waals surface area contributed by atoms with Gasteiger partial charge in [0.05, 0.1) is 4.90 Å². The minimum Gasteiger partial charge on any atom is -0.389 e. The molecule has 0 saturated carbocycles. The quantitative estimate of drug-likeness (QED) is 0.798. The second-order valence-corrected chi connectivity index (χ2v) is 8.33. The van der Waals surface area contributed by atoms with Crippen molar-refractivity contribution in [3.8, 4) is 0 Å². The summed E-state index contributed by atoms with van der Waals surface area (Å²) in [5, 5.41) is 0. The molecule has 1 aliphatic rings. The number of hydrogen-bond acceptors (Lipinski definition) is 4. The lowest BCUT2D eigenvalue weighted by Gasteiger charge is -2.25. The minimum atomic E-state index is -3.74. The third-order valence-electron chi connectivity index (χ3n) is 2.98. The van der Waals surface area contributed by atoms with E-state index in [4.69, 9.17) is 18.0 Å². The summed E-state index contributed by atoms with van der Waals surface area (Å²) in [6, 6.07) is 3.35. The molecule has 1 aromatic carbocycles. The van der Waals surface area contributed by atoms with E-state index in [-0.39, 0.29) is 28.5 Å². The second kappa shape index (κ2) is 5.84. The molecule has 2 rings (SSSR count). The Labute approximate surface area is 124 Å². The first kappa shape index (κ1) is 15.5. The summed E-state index contributed by atoms with van der Waals surface area (Å²) >= 11 is 4.69. The Bertz CT molecular complexity index is 665. The zero-order valence-electron chi connectivity index (χ0n) is 10.4. The van der Waals surface area contributed by atoms with Gasteiger partial charge in [0, 0.05) is 41.0 Å². The Morgan fingerprint density at radius 1 is 1.35 bits per heavy atom. The molecular formula is C11H13FN2O3S3. The van der Waals surface area contributed by atoms with Crippen molar-refractivity contribution in [1.29, 1.82) is 0 Å². The van der Waals surface area contributed by atoms with Crippen LogP contribution in [0.15, 0.2) is 23.1 Å². The molecule has 0 unspecified atom stereocenters. The summed E-state index contributed by atoms with van der Waals surface area (Å²) in [7, 11) is -4.72. The SMILES string of the molecule is NC(=S)c1cc(S(=O)(=O)N2CCS(=O)CC2)ccc1F. The molecule has 110 valence electrons. The largest absolute Gasteiger partial charge is 0.389 e. The number of hydrogen-bond donors (Lipinski definition) is 1. The van der Waals surface area contributed by atoms with Crippen molar-refractivity contribution in [2.45, 2.75) is 4.90 Å². The van der Waals surface area contributed by atoms with Gasteiger partial charge in [-0.1, -0.05) is 12.2 Å². The summed E-state index contributed by atoms with van der Waals surface area (Å²) < 4.78 is 50.8. The van der Waals surface area contributed by atoms with Gasteiger partial charge < -0.3 is 5.73 Å². The van der Waals surface area contributed by atoms with Crippen LogP contribution in [-0.4, -0.2) is 46.5 Å². The van der Waals surface area contributed by atoms with Crippen molar-refractivity contribution in [2.75, 3.05) is 24.6 Å². The van der Waals surface area contributed by atoms with Crippen LogP contribution in [-0.2, 0) is 20.8 Å². The summed E-state index contributed by atoms with van der Waals surface area (Å²) in [4.78, 5) is -0.256. The minimum absolute atomic E-state index is 0.0608. The highest BCUT2D eigenvalue weighted by Gasteiger charge is 2.28. The van der Waals surface area contributed by atoms with E-state index in [0.717, 1.165) is 12.1 Å². The molecule has 0 aromatic heterocycles. The van der Waals surface area contributed by atoms with Crippen molar-refractivity contribution >= 4 is 38.0 Å². The molecule has 0 bridgehead atoms. The summed E-state index contributed by atoms with van der Waals surface area (Å²) in [5.41, 5.74) is 5.27. The molecule has 0 spiro atoms. The lowest BCUT2D eigenvalue weighted by atomic mass is 10.2. The summed E-state index contributed by atoms with van der Waals surface area (Å²) in [6.45, 7) is 0.378. The topological polar surface area (TPSA) is 80.5 Å². The van der Waals surface area contributed by atoms with Gasteiger partial charge in [0.15, 0.2) is 0 Å². The Kier molecular flexibility index (Phi) is 4.52. The lowest BCUT2D eigenvalue weighted by Crippen LogP contribution is -2.41. The molecule has 0 amide bonds. The molecule has 0 radical (unpaired) electrons. The van der Waals surface area contributed by atoms with Gasteiger partial charge in [0.2, 0.25) is 10.0 Å². The molecule has 1 aromatic rings. The predicted octanol–water partition coefficient (Wildman–Crippen LogP) is 0.213. The van der Waals surface area contributed by atoms with Crippen LogP contribution in [0.25, 0.3) is 0 Å². The smallest absolute Gasteiger partial charge is 0.243 e. The molecule has 1 aliphatic heterocycles. The summed E-state index contributed by atoms with van der Waals surface area (Å²) in [5.74, 6) is -0.0401. The number of halogens is 1. The molecule has 0 atom stereocenters. The van der Waals surface area contributed by atoms with Gasteiger partial charge in [-0.25, -0.2) is 12.8 Å². The molecule has 9 heteroatoms. The second-order valence-electron chi connectivity index (χ2n) is 4.26. The Hall–Kier alpha value is -0.900. The predicted molar refractivity (Wildman–Crippen MR) is 78.9 cm³/mol. The fourth-order valence-corrected chi connectivity index (χ4v) is 4.77. The number of sulfonamides is 1. The highest BCUT2D eigenvalue weighted by atomic mass is 32.2. The number of nitrogens with two attached hydrogens (primary N) is 1. The van der Waals surface area contributed by atoms with E-state index < -0.39 is 26.6 Å². The third-order valence-corrected chi connectivity index (χ3v) is 6.37. The van der Waals surface area contributed by atoms with Crippen LogP contribution in [0.4, 0.5) is 4.39 Å². The standard InChI is InChI=1S/C11H13FN2O3S3/c12-10-2-1-8(7-9(10)11(13)18)20(16,17)14-3-5-19(15)6-4-14/h1-2,7H,3-6H2,(H2,13,18). The van der Waals surface area contributed by atoms with Crippen molar-refractivity contribution in [2.24, 2.45) is 5.73 Å². The lowest BCUT2D eigenvalue weighted by molar-refractivity contribution is 0.438. The van der Waals surface area contributed by atoms with Crippen molar-refractivity contribution < 1.29 is 17.0 Å². The summed E-state index contributed by atoms with van der Waals surface area (Å²) in [6.07, 6.45) is 0. The van der Waals surface area contributed by atoms with Crippen LogP contribution in [0.2, 0.25) is 0 Å². The first-order chi connectivity index (χ1) is 9.32. The average molecular weight is 336 g/mol. The first-order valence-corrected chi connectivity index (χ1v) is 9.10. The fourth-order valence-electron chi connectivity index (χ4n) is 1.86. The number of rotatable bonds is 3. The van der Waals surface area contributed by atoms with Crippen LogP contribution < -0.4 is 5.73 Å². The van der Waals surface area contributed by atoms with Gasteiger partial charge >= 0.3 is 0 Å². The third kappa shape index (κ3) is 3.05. The Morgan fingerprint density at radius 2 is 1.95 bits per heavy atom. The van der Waals surface area contributed by atoms with E-state index >= 15 is 0 Å². The van der Waals surface area contributed by atoms with E-state index in [0.29, 0.717) is 11.5 Å². The highest BCUT2D eigenvalue weighted by Crippen LogP contribution is 2.20.